The molecule has 0 rings (SSSR count). The Morgan fingerprint density at radius 3 is 1.65 bits per heavy atom. The minimum atomic E-state index is 0.628. The molecular weight excluding hydrogens is 206 g/mol. The SMILES string of the molecule is CC.CC.CCCC(CNC(C)C)C(C)CC. The third-order valence-electron chi connectivity index (χ3n) is 2.90. The van der Waals surface area contributed by atoms with Crippen LogP contribution in [0.15, 0.2) is 0 Å². The van der Waals surface area contributed by atoms with Crippen molar-refractivity contribution in [2.24, 2.45) is 11.8 Å². The molecule has 0 amide bonds. The summed E-state index contributed by atoms with van der Waals surface area (Å²) in [4.78, 5) is 0. The van der Waals surface area contributed by atoms with Gasteiger partial charge in [-0.05, 0) is 24.8 Å². The number of hydrogen-bond acceptors (Lipinski definition) is 1. The molecule has 0 saturated heterocycles. The summed E-state index contributed by atoms with van der Waals surface area (Å²) in [5, 5.41) is 3.55. The first-order chi connectivity index (χ1) is 8.11. The first kappa shape index (κ1) is 22.2. The fourth-order valence-electron chi connectivity index (χ4n) is 1.68. The standard InChI is InChI=1S/C12H27N.2C2H6/c1-6-8-12(11(5)7-2)9-13-10(3)4;2*1-2/h10-13H,6-9H2,1-5H3;2*1-2H3. The Balaban J connectivity index is -0.000000439. The van der Waals surface area contributed by atoms with Crippen LogP contribution in [0, 0.1) is 11.8 Å². The zero-order chi connectivity index (χ0) is 14.3. The molecule has 0 heterocycles. The normalized spacial score (nSPS) is 13.1. The summed E-state index contributed by atoms with van der Waals surface area (Å²) in [5.74, 6) is 1.74. The van der Waals surface area contributed by atoms with Crippen LogP contribution in [-0.2, 0) is 0 Å². The average Bonchev–Trinajstić information content (AvgIpc) is 2.38. The van der Waals surface area contributed by atoms with E-state index >= 15 is 0 Å². The molecule has 2 atom stereocenters. The second-order valence-corrected chi connectivity index (χ2v) is 4.50. The Labute approximate surface area is 112 Å². The summed E-state index contributed by atoms with van der Waals surface area (Å²) < 4.78 is 0. The second-order valence-electron chi connectivity index (χ2n) is 4.50. The van der Waals surface area contributed by atoms with Gasteiger partial charge in [-0.25, -0.2) is 0 Å². The molecule has 0 bridgehead atoms. The molecule has 108 valence electrons. The van der Waals surface area contributed by atoms with Gasteiger partial charge in [-0.15, -0.1) is 0 Å². The van der Waals surface area contributed by atoms with Crippen LogP contribution in [0.25, 0.3) is 0 Å². The van der Waals surface area contributed by atoms with Gasteiger partial charge in [-0.1, -0.05) is 75.2 Å². The van der Waals surface area contributed by atoms with Crippen LogP contribution < -0.4 is 5.32 Å². The Hall–Kier alpha value is -0.0400. The van der Waals surface area contributed by atoms with Crippen molar-refractivity contribution in [3.8, 4) is 0 Å². The molecule has 1 heteroatoms. The van der Waals surface area contributed by atoms with Gasteiger partial charge in [-0.2, -0.15) is 0 Å². The minimum absolute atomic E-state index is 0.628. The molecule has 1 nitrogen and oxygen atoms in total. The van der Waals surface area contributed by atoms with E-state index in [0.717, 1.165) is 11.8 Å². The number of hydrogen-bond donors (Lipinski definition) is 1. The highest BCUT2D eigenvalue weighted by atomic mass is 14.9. The van der Waals surface area contributed by atoms with E-state index in [1.165, 1.54) is 25.8 Å². The van der Waals surface area contributed by atoms with Gasteiger partial charge in [0.1, 0.15) is 0 Å². The summed E-state index contributed by atoms with van der Waals surface area (Å²) >= 11 is 0. The van der Waals surface area contributed by atoms with Crippen LogP contribution in [0.4, 0.5) is 0 Å². The lowest BCUT2D eigenvalue weighted by molar-refractivity contribution is 0.302. The van der Waals surface area contributed by atoms with E-state index < -0.39 is 0 Å². The van der Waals surface area contributed by atoms with E-state index in [4.69, 9.17) is 0 Å². The van der Waals surface area contributed by atoms with Crippen LogP contribution in [0.5, 0.6) is 0 Å². The van der Waals surface area contributed by atoms with Crippen LogP contribution in [0.3, 0.4) is 0 Å². The zero-order valence-electron chi connectivity index (χ0n) is 14.1. The number of nitrogens with one attached hydrogen (secondary N) is 1. The van der Waals surface area contributed by atoms with Gasteiger partial charge in [-0.3, -0.25) is 0 Å². The lowest BCUT2D eigenvalue weighted by Crippen LogP contribution is -2.31. The Bertz CT molecular complexity index is 110. The molecule has 0 aromatic heterocycles. The van der Waals surface area contributed by atoms with Crippen molar-refractivity contribution in [2.45, 2.75) is 87.6 Å². The smallest absolute Gasteiger partial charge is 0.00104 e. The zero-order valence-corrected chi connectivity index (χ0v) is 14.1. The van der Waals surface area contributed by atoms with Crippen molar-refractivity contribution < 1.29 is 0 Å². The highest BCUT2D eigenvalue weighted by Crippen LogP contribution is 2.19. The predicted molar refractivity (Wildman–Crippen MR) is 83.7 cm³/mol. The number of rotatable bonds is 7. The van der Waals surface area contributed by atoms with Crippen molar-refractivity contribution >= 4 is 0 Å². The molecule has 0 radical (unpaired) electrons. The quantitative estimate of drug-likeness (QED) is 0.624. The summed E-state index contributed by atoms with van der Waals surface area (Å²) in [7, 11) is 0. The third kappa shape index (κ3) is 16.0. The lowest BCUT2D eigenvalue weighted by atomic mass is 9.88. The Morgan fingerprint density at radius 1 is 0.882 bits per heavy atom. The average molecular weight is 245 g/mol. The molecule has 0 aliphatic carbocycles. The Kier molecular flexibility index (Phi) is 23.9. The van der Waals surface area contributed by atoms with Gasteiger partial charge in [0.05, 0.1) is 0 Å². The minimum Gasteiger partial charge on any atom is -0.314 e. The molecule has 0 aromatic rings. The first-order valence-corrected chi connectivity index (χ1v) is 7.85. The van der Waals surface area contributed by atoms with Gasteiger partial charge < -0.3 is 5.32 Å². The van der Waals surface area contributed by atoms with Crippen molar-refractivity contribution in [1.82, 2.24) is 5.32 Å². The van der Waals surface area contributed by atoms with Crippen molar-refractivity contribution in [2.75, 3.05) is 6.54 Å². The molecule has 0 fully saturated rings. The summed E-state index contributed by atoms with van der Waals surface area (Å²) in [6, 6.07) is 0.628. The fourth-order valence-corrected chi connectivity index (χ4v) is 1.68. The first-order valence-electron chi connectivity index (χ1n) is 7.85. The van der Waals surface area contributed by atoms with Gasteiger partial charge in [0.25, 0.3) is 0 Å². The topological polar surface area (TPSA) is 12.0 Å². The highest BCUT2D eigenvalue weighted by Gasteiger charge is 2.14. The lowest BCUT2D eigenvalue weighted by Gasteiger charge is -2.24. The van der Waals surface area contributed by atoms with E-state index in [1.807, 2.05) is 27.7 Å². The van der Waals surface area contributed by atoms with Gasteiger partial charge >= 0.3 is 0 Å². The van der Waals surface area contributed by atoms with Crippen molar-refractivity contribution in [1.29, 1.82) is 0 Å². The summed E-state index contributed by atoms with van der Waals surface area (Å²) in [5.41, 5.74) is 0. The molecule has 1 N–H and O–H groups in total. The molecule has 2 unspecified atom stereocenters. The largest absolute Gasteiger partial charge is 0.314 e. The maximum absolute atomic E-state index is 3.55. The van der Waals surface area contributed by atoms with Gasteiger partial charge in [0.15, 0.2) is 0 Å². The molecule has 17 heavy (non-hydrogen) atoms. The molecule has 0 aliphatic rings. The molecule has 0 aromatic carbocycles. The summed E-state index contributed by atoms with van der Waals surface area (Å²) in [6.07, 6.45) is 3.99. The van der Waals surface area contributed by atoms with Crippen molar-refractivity contribution in [3.63, 3.8) is 0 Å². The second kappa shape index (κ2) is 18.3. The van der Waals surface area contributed by atoms with Crippen LogP contribution >= 0.6 is 0 Å². The maximum Gasteiger partial charge on any atom is 0.00104 e. The van der Waals surface area contributed by atoms with Crippen LogP contribution in [0.1, 0.15) is 81.6 Å². The van der Waals surface area contributed by atoms with Crippen LogP contribution in [0.2, 0.25) is 0 Å². The van der Waals surface area contributed by atoms with Gasteiger partial charge in [0.2, 0.25) is 0 Å². The molecule has 0 spiro atoms. The third-order valence-corrected chi connectivity index (χ3v) is 2.90. The highest BCUT2D eigenvalue weighted by molar-refractivity contribution is 4.69. The molecule has 0 aliphatic heterocycles. The van der Waals surface area contributed by atoms with E-state index in [0.29, 0.717) is 6.04 Å². The fraction of sp³-hybridized carbons (Fsp3) is 1.00. The summed E-state index contributed by atoms with van der Waals surface area (Å²) in [6.45, 7) is 20.6. The predicted octanol–water partition coefficient (Wildman–Crippen LogP) is 5.50. The van der Waals surface area contributed by atoms with Crippen LogP contribution in [-0.4, -0.2) is 12.6 Å². The van der Waals surface area contributed by atoms with E-state index in [-0.39, 0.29) is 0 Å². The van der Waals surface area contributed by atoms with Gasteiger partial charge in [0, 0.05) is 6.04 Å². The van der Waals surface area contributed by atoms with E-state index in [2.05, 4.69) is 39.9 Å². The monoisotopic (exact) mass is 245 g/mol. The van der Waals surface area contributed by atoms with E-state index in [9.17, 15) is 0 Å². The van der Waals surface area contributed by atoms with E-state index in [1.54, 1.807) is 0 Å². The van der Waals surface area contributed by atoms with Crippen molar-refractivity contribution in [3.05, 3.63) is 0 Å². The maximum atomic E-state index is 3.55. The Morgan fingerprint density at radius 2 is 1.35 bits per heavy atom. The molecule has 0 saturated carbocycles. The molecular formula is C16H39N.